The minimum atomic E-state index is -0.414. The van der Waals surface area contributed by atoms with Crippen molar-refractivity contribution in [3.05, 3.63) is 46.1 Å². The Morgan fingerprint density at radius 2 is 2.16 bits per heavy atom. The highest BCUT2D eigenvalue weighted by Gasteiger charge is 2.12. The molecule has 6 heteroatoms. The number of hydrogen-bond donors (Lipinski definition) is 3. The standard InChI is InChI=1S/C13H12BrN3O2/c1-7-4-12(16-6-10(7)14)17-13(19)9-5-8(18)2-3-11(9)15/h2-6,18H,15H2,1H3,(H,16,17,19). The second-order valence-electron chi connectivity index (χ2n) is 4.04. The molecule has 0 radical (unpaired) electrons. The van der Waals surface area contributed by atoms with Gasteiger partial charge < -0.3 is 16.2 Å². The van der Waals surface area contributed by atoms with E-state index in [1.165, 1.54) is 18.2 Å². The highest BCUT2D eigenvalue weighted by atomic mass is 79.9. The van der Waals surface area contributed by atoms with Crippen LogP contribution in [0, 0.1) is 6.92 Å². The summed E-state index contributed by atoms with van der Waals surface area (Å²) < 4.78 is 0.863. The van der Waals surface area contributed by atoms with Crippen LogP contribution in [-0.2, 0) is 0 Å². The number of pyridine rings is 1. The number of phenols is 1. The lowest BCUT2D eigenvalue weighted by atomic mass is 10.1. The Kier molecular flexibility index (Phi) is 3.71. The molecule has 0 spiro atoms. The number of benzene rings is 1. The van der Waals surface area contributed by atoms with Crippen LogP contribution in [0.25, 0.3) is 0 Å². The first-order valence-electron chi connectivity index (χ1n) is 5.49. The number of anilines is 2. The molecule has 0 atom stereocenters. The summed E-state index contributed by atoms with van der Waals surface area (Å²) in [6.07, 6.45) is 1.61. The van der Waals surface area contributed by atoms with Crippen LogP contribution in [0.15, 0.2) is 34.9 Å². The average Bonchev–Trinajstić information content (AvgIpc) is 2.36. The van der Waals surface area contributed by atoms with Gasteiger partial charge in [-0.15, -0.1) is 0 Å². The molecule has 4 N–H and O–H groups in total. The van der Waals surface area contributed by atoms with E-state index in [-0.39, 0.29) is 11.3 Å². The molecule has 19 heavy (non-hydrogen) atoms. The van der Waals surface area contributed by atoms with Gasteiger partial charge in [-0.2, -0.15) is 0 Å². The Labute approximate surface area is 118 Å². The Bertz CT molecular complexity index is 644. The number of aromatic nitrogens is 1. The number of rotatable bonds is 2. The first-order chi connectivity index (χ1) is 8.97. The molecule has 98 valence electrons. The van der Waals surface area contributed by atoms with Crippen molar-refractivity contribution in [2.24, 2.45) is 0 Å². The first kappa shape index (κ1) is 13.4. The molecule has 2 aromatic rings. The lowest BCUT2D eigenvalue weighted by Crippen LogP contribution is -2.15. The van der Waals surface area contributed by atoms with Crippen molar-refractivity contribution in [2.75, 3.05) is 11.1 Å². The van der Waals surface area contributed by atoms with E-state index in [1.54, 1.807) is 12.3 Å². The summed E-state index contributed by atoms with van der Waals surface area (Å²) in [6.45, 7) is 1.89. The van der Waals surface area contributed by atoms with Gasteiger partial charge in [0.2, 0.25) is 0 Å². The third-order valence-corrected chi connectivity index (χ3v) is 3.40. The lowest BCUT2D eigenvalue weighted by Gasteiger charge is -2.08. The van der Waals surface area contributed by atoms with E-state index in [2.05, 4.69) is 26.2 Å². The molecule has 0 saturated heterocycles. The Morgan fingerprint density at radius 1 is 1.42 bits per heavy atom. The van der Waals surface area contributed by atoms with Crippen molar-refractivity contribution < 1.29 is 9.90 Å². The molecular formula is C13H12BrN3O2. The molecular weight excluding hydrogens is 310 g/mol. The third kappa shape index (κ3) is 3.03. The molecule has 0 aliphatic rings. The van der Waals surface area contributed by atoms with Crippen molar-refractivity contribution in [1.82, 2.24) is 4.98 Å². The average molecular weight is 322 g/mol. The van der Waals surface area contributed by atoms with Crippen molar-refractivity contribution in [3.63, 3.8) is 0 Å². The van der Waals surface area contributed by atoms with Gasteiger partial charge in [-0.3, -0.25) is 4.79 Å². The molecule has 0 bridgehead atoms. The highest BCUT2D eigenvalue weighted by molar-refractivity contribution is 9.10. The Morgan fingerprint density at radius 3 is 2.84 bits per heavy atom. The quantitative estimate of drug-likeness (QED) is 0.586. The van der Waals surface area contributed by atoms with E-state index in [1.807, 2.05) is 6.92 Å². The van der Waals surface area contributed by atoms with Gasteiger partial charge in [0.25, 0.3) is 5.91 Å². The number of nitrogens with two attached hydrogens (primary N) is 1. The van der Waals surface area contributed by atoms with Crippen LogP contribution in [0.4, 0.5) is 11.5 Å². The van der Waals surface area contributed by atoms with Gasteiger partial charge in [0, 0.05) is 16.4 Å². The summed E-state index contributed by atoms with van der Waals surface area (Å²) in [5, 5.41) is 12.0. The summed E-state index contributed by atoms with van der Waals surface area (Å²) in [7, 11) is 0. The smallest absolute Gasteiger partial charge is 0.259 e. The van der Waals surface area contributed by atoms with Gasteiger partial charge in [-0.25, -0.2) is 4.98 Å². The molecule has 1 heterocycles. The van der Waals surface area contributed by atoms with Crippen molar-refractivity contribution in [2.45, 2.75) is 6.92 Å². The van der Waals surface area contributed by atoms with Crippen LogP contribution in [0.1, 0.15) is 15.9 Å². The van der Waals surface area contributed by atoms with Crippen LogP contribution in [-0.4, -0.2) is 16.0 Å². The largest absolute Gasteiger partial charge is 0.508 e. The number of nitrogens with zero attached hydrogens (tertiary/aromatic N) is 1. The Balaban J connectivity index is 2.25. The van der Waals surface area contributed by atoms with E-state index in [0.717, 1.165) is 10.0 Å². The van der Waals surface area contributed by atoms with Crippen molar-refractivity contribution in [1.29, 1.82) is 0 Å². The number of carbonyl (C=O) groups excluding carboxylic acids is 1. The summed E-state index contributed by atoms with van der Waals surface area (Å²) in [6, 6.07) is 5.95. The number of carbonyl (C=O) groups is 1. The van der Waals surface area contributed by atoms with Gasteiger partial charge >= 0.3 is 0 Å². The molecule has 1 aromatic heterocycles. The number of nitrogens with one attached hydrogen (secondary N) is 1. The fourth-order valence-corrected chi connectivity index (χ4v) is 1.75. The zero-order chi connectivity index (χ0) is 14.0. The predicted molar refractivity (Wildman–Crippen MR) is 77.1 cm³/mol. The molecule has 0 aliphatic carbocycles. The molecule has 1 aromatic carbocycles. The maximum atomic E-state index is 12.0. The van der Waals surface area contributed by atoms with Crippen molar-refractivity contribution >= 4 is 33.3 Å². The summed E-state index contributed by atoms with van der Waals surface area (Å²) >= 11 is 3.33. The van der Waals surface area contributed by atoms with Gasteiger partial charge in [0.15, 0.2) is 0 Å². The fourth-order valence-electron chi connectivity index (χ4n) is 1.53. The molecule has 1 amide bonds. The molecule has 2 rings (SSSR count). The molecule has 0 unspecified atom stereocenters. The number of nitrogen functional groups attached to an aromatic ring is 1. The normalized spacial score (nSPS) is 10.2. The number of halogens is 1. The number of hydrogen-bond acceptors (Lipinski definition) is 4. The van der Waals surface area contributed by atoms with Gasteiger partial charge in [0.1, 0.15) is 11.6 Å². The molecule has 0 aliphatic heterocycles. The fraction of sp³-hybridized carbons (Fsp3) is 0.0769. The number of amides is 1. The second-order valence-corrected chi connectivity index (χ2v) is 4.90. The number of aromatic hydroxyl groups is 1. The van der Waals surface area contributed by atoms with Crippen LogP contribution in [0.2, 0.25) is 0 Å². The van der Waals surface area contributed by atoms with E-state index in [9.17, 15) is 9.90 Å². The second kappa shape index (κ2) is 5.27. The van der Waals surface area contributed by atoms with E-state index in [0.29, 0.717) is 11.5 Å². The Hall–Kier alpha value is -2.08. The monoisotopic (exact) mass is 321 g/mol. The number of aryl methyl sites for hydroxylation is 1. The SMILES string of the molecule is Cc1cc(NC(=O)c2cc(O)ccc2N)ncc1Br. The van der Waals surface area contributed by atoms with Crippen LogP contribution < -0.4 is 11.1 Å². The first-order valence-corrected chi connectivity index (χ1v) is 6.28. The van der Waals surface area contributed by atoms with Gasteiger partial charge in [-0.1, -0.05) is 0 Å². The predicted octanol–water partition coefficient (Wildman–Crippen LogP) is 2.69. The van der Waals surface area contributed by atoms with Crippen molar-refractivity contribution in [3.8, 4) is 5.75 Å². The number of phenolic OH excluding ortho intramolecular Hbond substituents is 1. The van der Waals surface area contributed by atoms with Gasteiger partial charge in [-0.05, 0) is 52.7 Å². The summed E-state index contributed by atoms with van der Waals surface area (Å²) in [5.74, 6) is -0.00430. The topological polar surface area (TPSA) is 88.2 Å². The van der Waals surface area contributed by atoms with E-state index < -0.39 is 5.91 Å². The van der Waals surface area contributed by atoms with Crippen LogP contribution in [0.5, 0.6) is 5.75 Å². The van der Waals surface area contributed by atoms with Gasteiger partial charge in [0.05, 0.1) is 5.56 Å². The van der Waals surface area contributed by atoms with E-state index in [4.69, 9.17) is 5.73 Å². The minimum Gasteiger partial charge on any atom is -0.508 e. The highest BCUT2D eigenvalue weighted by Crippen LogP contribution is 2.21. The van der Waals surface area contributed by atoms with E-state index >= 15 is 0 Å². The zero-order valence-corrected chi connectivity index (χ0v) is 11.7. The van der Waals surface area contributed by atoms with Crippen LogP contribution >= 0.6 is 15.9 Å². The minimum absolute atomic E-state index is 0.0145. The molecule has 0 fully saturated rings. The van der Waals surface area contributed by atoms with Crippen LogP contribution in [0.3, 0.4) is 0 Å². The molecule has 0 saturated carbocycles. The summed E-state index contributed by atoms with van der Waals surface area (Å²) in [5.41, 5.74) is 7.16. The molecule has 5 nitrogen and oxygen atoms in total. The third-order valence-electron chi connectivity index (χ3n) is 2.57. The zero-order valence-electron chi connectivity index (χ0n) is 10.1. The lowest BCUT2D eigenvalue weighted by molar-refractivity contribution is 0.102. The maximum Gasteiger partial charge on any atom is 0.259 e. The maximum absolute atomic E-state index is 12.0. The summed E-state index contributed by atoms with van der Waals surface area (Å²) in [4.78, 5) is 16.1.